The average molecular weight is 484 g/mol. The van der Waals surface area contributed by atoms with Crippen molar-refractivity contribution in [3.63, 3.8) is 0 Å². The zero-order valence-electron chi connectivity index (χ0n) is 15.4. The Hall–Kier alpha value is -3.30. The molecule has 4 aromatic rings. The third-order valence-electron chi connectivity index (χ3n) is 4.20. The molecule has 9 heteroatoms. The minimum Gasteiger partial charge on any atom is -0.477 e. The molecule has 1 aromatic heterocycles. The summed E-state index contributed by atoms with van der Waals surface area (Å²) in [7, 11) is 0. The Balaban J connectivity index is 1.55. The smallest absolute Gasteiger partial charge is 0.310 e. The van der Waals surface area contributed by atoms with Gasteiger partial charge in [0, 0.05) is 16.1 Å². The molecule has 0 aliphatic carbocycles. The predicted molar refractivity (Wildman–Crippen MR) is 120 cm³/mol. The summed E-state index contributed by atoms with van der Waals surface area (Å²) in [4.78, 5) is 27.7. The number of benzene rings is 3. The van der Waals surface area contributed by atoms with Crippen LogP contribution in [0.2, 0.25) is 0 Å². The molecule has 0 saturated carbocycles. The lowest BCUT2D eigenvalue weighted by atomic mass is 10.2. The zero-order chi connectivity index (χ0) is 21.1. The van der Waals surface area contributed by atoms with Crippen LogP contribution in [-0.2, 0) is 4.79 Å². The van der Waals surface area contributed by atoms with Gasteiger partial charge in [0.1, 0.15) is 5.01 Å². The molecule has 150 valence electrons. The van der Waals surface area contributed by atoms with E-state index >= 15 is 0 Å². The van der Waals surface area contributed by atoms with E-state index in [1.807, 2.05) is 36.4 Å². The van der Waals surface area contributed by atoms with E-state index in [1.165, 1.54) is 29.5 Å². The molecule has 0 spiro atoms. The van der Waals surface area contributed by atoms with Gasteiger partial charge in [-0.25, -0.2) is 4.98 Å². The summed E-state index contributed by atoms with van der Waals surface area (Å²) in [6, 6.07) is 19.2. The number of halogens is 1. The number of hydrogen-bond donors (Lipinski definition) is 1. The normalized spacial score (nSPS) is 10.7. The van der Waals surface area contributed by atoms with Crippen LogP contribution < -0.4 is 10.1 Å². The van der Waals surface area contributed by atoms with E-state index in [-0.39, 0.29) is 18.0 Å². The van der Waals surface area contributed by atoms with Gasteiger partial charge < -0.3 is 10.1 Å². The zero-order valence-corrected chi connectivity index (χ0v) is 17.8. The predicted octanol–water partition coefficient (Wildman–Crippen LogP) is 5.65. The molecule has 1 amide bonds. The maximum atomic E-state index is 12.5. The molecule has 0 unspecified atom stereocenters. The molecule has 30 heavy (non-hydrogen) atoms. The summed E-state index contributed by atoms with van der Waals surface area (Å²) in [6.07, 6.45) is 0. The molecular weight excluding hydrogens is 470 g/mol. The number of amides is 1. The molecule has 0 fully saturated rings. The van der Waals surface area contributed by atoms with E-state index in [2.05, 4.69) is 26.2 Å². The van der Waals surface area contributed by atoms with Crippen molar-refractivity contribution < 1.29 is 14.5 Å². The van der Waals surface area contributed by atoms with E-state index in [0.717, 1.165) is 25.3 Å². The van der Waals surface area contributed by atoms with Gasteiger partial charge in [-0.2, -0.15) is 0 Å². The molecule has 1 N–H and O–H groups in total. The van der Waals surface area contributed by atoms with Crippen molar-refractivity contribution in [2.75, 3.05) is 11.9 Å². The van der Waals surface area contributed by atoms with Gasteiger partial charge >= 0.3 is 5.69 Å². The highest BCUT2D eigenvalue weighted by atomic mass is 79.9. The second-order valence-electron chi connectivity index (χ2n) is 6.24. The minimum absolute atomic E-state index is 0.0415. The van der Waals surface area contributed by atoms with Crippen LogP contribution in [-0.4, -0.2) is 22.4 Å². The lowest BCUT2D eigenvalue weighted by Crippen LogP contribution is -2.20. The van der Waals surface area contributed by atoms with Gasteiger partial charge in [-0.1, -0.05) is 40.2 Å². The first kappa shape index (κ1) is 20.0. The fourth-order valence-electron chi connectivity index (χ4n) is 2.85. The molecule has 1 heterocycles. The number of carbonyl (C=O) groups excluding carboxylic acids is 1. The van der Waals surface area contributed by atoms with E-state index in [9.17, 15) is 14.9 Å². The first-order chi connectivity index (χ1) is 14.5. The SMILES string of the molecule is O=C(COc1ccccc1[N+](=O)[O-])Nc1ccc(Br)cc1-c1nc2ccccc2s1. The van der Waals surface area contributed by atoms with Crippen LogP contribution in [0.4, 0.5) is 11.4 Å². The van der Waals surface area contributed by atoms with Gasteiger partial charge in [0.25, 0.3) is 5.91 Å². The number of nitrogens with zero attached hydrogens (tertiary/aromatic N) is 2. The molecule has 0 bridgehead atoms. The van der Waals surface area contributed by atoms with Crippen LogP contribution in [0.25, 0.3) is 20.8 Å². The van der Waals surface area contributed by atoms with Crippen molar-refractivity contribution in [1.29, 1.82) is 0 Å². The average Bonchev–Trinajstić information content (AvgIpc) is 3.18. The summed E-state index contributed by atoms with van der Waals surface area (Å²) in [5.41, 5.74) is 2.04. The molecule has 3 aromatic carbocycles. The number of carbonyl (C=O) groups is 1. The fraction of sp³-hybridized carbons (Fsp3) is 0.0476. The number of para-hydroxylation sites is 3. The van der Waals surface area contributed by atoms with Crippen molar-refractivity contribution in [3.8, 4) is 16.3 Å². The van der Waals surface area contributed by atoms with Crippen molar-refractivity contribution in [2.45, 2.75) is 0 Å². The van der Waals surface area contributed by atoms with Crippen LogP contribution in [0.15, 0.2) is 71.2 Å². The molecule has 4 rings (SSSR count). The van der Waals surface area contributed by atoms with Crippen LogP contribution in [0.3, 0.4) is 0 Å². The van der Waals surface area contributed by atoms with Crippen molar-refractivity contribution >= 4 is 54.8 Å². The van der Waals surface area contributed by atoms with Gasteiger partial charge in [0.15, 0.2) is 12.4 Å². The summed E-state index contributed by atoms with van der Waals surface area (Å²) in [5, 5.41) is 14.7. The number of ether oxygens (including phenoxy) is 1. The summed E-state index contributed by atoms with van der Waals surface area (Å²) < 4.78 is 7.27. The monoisotopic (exact) mass is 483 g/mol. The van der Waals surface area contributed by atoms with Crippen LogP contribution in [0.1, 0.15) is 0 Å². The number of fused-ring (bicyclic) bond motifs is 1. The topological polar surface area (TPSA) is 94.4 Å². The molecule has 0 radical (unpaired) electrons. The van der Waals surface area contributed by atoms with E-state index < -0.39 is 10.8 Å². The number of rotatable bonds is 6. The van der Waals surface area contributed by atoms with E-state index in [1.54, 1.807) is 12.1 Å². The largest absolute Gasteiger partial charge is 0.477 e. The van der Waals surface area contributed by atoms with Crippen molar-refractivity contribution in [1.82, 2.24) is 4.98 Å². The Bertz CT molecular complexity index is 1220. The molecule has 0 atom stereocenters. The quantitative estimate of drug-likeness (QED) is 0.282. The Labute approximate surface area is 183 Å². The Morgan fingerprint density at radius 1 is 1.13 bits per heavy atom. The van der Waals surface area contributed by atoms with Gasteiger partial charge in [-0.05, 0) is 36.4 Å². The third-order valence-corrected chi connectivity index (χ3v) is 5.76. The minimum atomic E-state index is -0.548. The maximum Gasteiger partial charge on any atom is 0.310 e. The number of hydrogen-bond acceptors (Lipinski definition) is 6. The first-order valence-corrected chi connectivity index (χ1v) is 10.4. The molecule has 0 aliphatic heterocycles. The number of anilines is 1. The highest BCUT2D eigenvalue weighted by Gasteiger charge is 2.17. The summed E-state index contributed by atoms with van der Waals surface area (Å²) in [5.74, 6) is -0.391. The highest BCUT2D eigenvalue weighted by molar-refractivity contribution is 9.10. The van der Waals surface area contributed by atoms with Gasteiger partial charge in [-0.3, -0.25) is 14.9 Å². The van der Waals surface area contributed by atoms with Crippen LogP contribution in [0, 0.1) is 10.1 Å². The van der Waals surface area contributed by atoms with Gasteiger partial charge in [0.2, 0.25) is 0 Å². The van der Waals surface area contributed by atoms with Gasteiger partial charge in [-0.15, -0.1) is 11.3 Å². The third kappa shape index (κ3) is 4.32. The standard InChI is InChI=1S/C21H14BrN3O4S/c22-13-9-10-15(14(11-13)21-24-16-5-1-4-8-19(16)30-21)23-20(26)12-29-18-7-3-2-6-17(18)25(27)28/h1-11H,12H2,(H,23,26). The van der Waals surface area contributed by atoms with E-state index in [0.29, 0.717) is 5.69 Å². The first-order valence-electron chi connectivity index (χ1n) is 8.83. The van der Waals surface area contributed by atoms with Crippen molar-refractivity contribution in [3.05, 3.63) is 81.3 Å². The number of aromatic nitrogens is 1. The van der Waals surface area contributed by atoms with Crippen LogP contribution in [0.5, 0.6) is 5.75 Å². The molecule has 0 saturated heterocycles. The van der Waals surface area contributed by atoms with E-state index in [4.69, 9.17) is 4.74 Å². The Morgan fingerprint density at radius 2 is 1.90 bits per heavy atom. The number of nitrogens with one attached hydrogen (secondary N) is 1. The number of nitro benzene ring substituents is 1. The van der Waals surface area contributed by atoms with Crippen LogP contribution >= 0.6 is 27.3 Å². The molecule has 0 aliphatic rings. The second kappa shape index (κ2) is 8.60. The number of nitro groups is 1. The maximum absolute atomic E-state index is 12.5. The molecule has 7 nitrogen and oxygen atoms in total. The fourth-order valence-corrected chi connectivity index (χ4v) is 4.21. The lowest BCUT2D eigenvalue weighted by Gasteiger charge is -2.11. The lowest BCUT2D eigenvalue weighted by molar-refractivity contribution is -0.385. The summed E-state index contributed by atoms with van der Waals surface area (Å²) >= 11 is 4.99. The van der Waals surface area contributed by atoms with Gasteiger partial charge in [0.05, 0.1) is 20.8 Å². The number of thiazole rings is 1. The van der Waals surface area contributed by atoms with Crippen molar-refractivity contribution in [2.24, 2.45) is 0 Å². The Morgan fingerprint density at radius 3 is 2.70 bits per heavy atom. The highest BCUT2D eigenvalue weighted by Crippen LogP contribution is 2.36. The summed E-state index contributed by atoms with van der Waals surface area (Å²) in [6.45, 7) is -0.361. The molecular formula is C21H14BrN3O4S. The Kier molecular flexibility index (Phi) is 5.73. The second-order valence-corrected chi connectivity index (χ2v) is 8.18.